The van der Waals surface area contributed by atoms with Crippen LogP contribution in [0.3, 0.4) is 0 Å². The molecule has 0 saturated heterocycles. The van der Waals surface area contributed by atoms with E-state index < -0.39 is 27.2 Å². The highest BCUT2D eigenvalue weighted by molar-refractivity contribution is 7.92. The maximum absolute atomic E-state index is 12.6. The Morgan fingerprint density at radius 1 is 1.25 bits per heavy atom. The van der Waals surface area contributed by atoms with Crippen molar-refractivity contribution < 1.29 is 23.1 Å². The Hall–Kier alpha value is -3.31. The van der Waals surface area contributed by atoms with Crippen molar-refractivity contribution in [2.24, 2.45) is 5.73 Å². The highest BCUT2D eigenvalue weighted by atomic mass is 35.5. The van der Waals surface area contributed by atoms with E-state index in [2.05, 4.69) is 20.0 Å². The Bertz CT molecular complexity index is 1220. The van der Waals surface area contributed by atoms with Crippen LogP contribution in [0.5, 0.6) is 5.75 Å². The van der Waals surface area contributed by atoms with Gasteiger partial charge in [-0.2, -0.15) is 0 Å². The first-order valence-corrected chi connectivity index (χ1v) is 9.55. The van der Waals surface area contributed by atoms with E-state index in [0.717, 1.165) is 12.1 Å². The normalized spacial score (nSPS) is 11.4. The number of nitrogens with one attached hydrogen (secondary N) is 3. The van der Waals surface area contributed by atoms with Crippen LogP contribution in [0, 0.1) is 0 Å². The van der Waals surface area contributed by atoms with Crippen molar-refractivity contribution in [2.75, 3.05) is 10.0 Å². The first-order chi connectivity index (χ1) is 13.1. The zero-order valence-electron chi connectivity index (χ0n) is 14.3. The second-order valence-electron chi connectivity index (χ2n) is 5.77. The summed E-state index contributed by atoms with van der Waals surface area (Å²) in [4.78, 5) is 29.1. The fourth-order valence-electron chi connectivity index (χ4n) is 2.43. The number of hydrogen-bond acceptors (Lipinski definition) is 6. The minimum absolute atomic E-state index is 0.190. The number of hydrogen-bond donors (Lipinski definition) is 5. The van der Waals surface area contributed by atoms with E-state index in [4.69, 9.17) is 17.3 Å². The molecule has 0 atom stereocenters. The number of imidazole rings is 1. The van der Waals surface area contributed by atoms with Crippen LogP contribution in [-0.2, 0) is 14.8 Å². The first kappa shape index (κ1) is 19.5. The van der Waals surface area contributed by atoms with Crippen LogP contribution in [0.15, 0.2) is 35.2 Å². The Balaban J connectivity index is 1.96. The van der Waals surface area contributed by atoms with Gasteiger partial charge in [-0.1, -0.05) is 11.6 Å². The molecule has 0 bridgehead atoms. The van der Waals surface area contributed by atoms with Gasteiger partial charge >= 0.3 is 0 Å². The predicted octanol–water partition coefficient (Wildman–Crippen LogP) is 1.78. The van der Waals surface area contributed by atoms with Gasteiger partial charge in [-0.15, -0.1) is 0 Å². The average molecular weight is 424 g/mol. The summed E-state index contributed by atoms with van der Waals surface area (Å²) in [6.07, 6.45) is 0. The van der Waals surface area contributed by atoms with Crippen LogP contribution in [0.2, 0.25) is 5.02 Å². The molecule has 10 nitrogen and oxygen atoms in total. The number of aromatic hydroxyl groups is 1. The molecule has 3 aromatic rings. The smallest absolute Gasteiger partial charge is 0.261 e. The number of halogens is 1. The lowest BCUT2D eigenvalue weighted by Crippen LogP contribution is -2.16. The maximum atomic E-state index is 12.6. The molecule has 2 aromatic carbocycles. The number of phenols is 1. The number of aromatic nitrogens is 2. The van der Waals surface area contributed by atoms with Crippen molar-refractivity contribution in [1.82, 2.24) is 9.97 Å². The molecule has 0 spiro atoms. The number of fused-ring (bicyclic) bond motifs is 1. The van der Waals surface area contributed by atoms with Gasteiger partial charge in [0.25, 0.3) is 15.9 Å². The van der Waals surface area contributed by atoms with E-state index in [1.807, 2.05) is 0 Å². The van der Waals surface area contributed by atoms with Crippen LogP contribution < -0.4 is 15.8 Å². The lowest BCUT2D eigenvalue weighted by atomic mass is 10.2. The lowest BCUT2D eigenvalue weighted by Gasteiger charge is -2.11. The lowest BCUT2D eigenvalue weighted by molar-refractivity contribution is -0.114. The Labute approximate surface area is 163 Å². The number of sulfonamides is 1. The number of aromatic amines is 1. The number of H-pyrrole nitrogens is 1. The fraction of sp³-hybridized carbons (Fsp3) is 0.0625. The van der Waals surface area contributed by atoms with Crippen molar-refractivity contribution >= 4 is 56.1 Å². The average Bonchev–Trinajstić information content (AvgIpc) is 2.96. The number of carbonyl (C=O) groups is 2. The zero-order chi connectivity index (χ0) is 20.6. The van der Waals surface area contributed by atoms with E-state index in [-0.39, 0.29) is 27.5 Å². The summed E-state index contributed by atoms with van der Waals surface area (Å²) in [5.74, 6) is -1.72. The number of anilines is 2. The number of primary amides is 1. The van der Waals surface area contributed by atoms with Crippen molar-refractivity contribution in [3.63, 3.8) is 0 Å². The summed E-state index contributed by atoms with van der Waals surface area (Å²) < 4.78 is 27.6. The molecule has 0 unspecified atom stereocenters. The fourth-order valence-corrected chi connectivity index (χ4v) is 3.82. The van der Waals surface area contributed by atoms with Crippen LogP contribution >= 0.6 is 11.6 Å². The Morgan fingerprint density at radius 2 is 1.96 bits per heavy atom. The van der Waals surface area contributed by atoms with Gasteiger partial charge in [0.15, 0.2) is 0 Å². The molecule has 0 fully saturated rings. The SMILES string of the molecule is CC(=O)Nc1nc2ccc(NS(=O)(=O)c3cc(Cl)c(O)c(C(N)=O)c3)cc2[nH]1. The summed E-state index contributed by atoms with van der Waals surface area (Å²) in [6, 6.07) is 6.41. The number of nitrogens with two attached hydrogens (primary N) is 1. The minimum atomic E-state index is -4.15. The number of carbonyl (C=O) groups excluding carboxylic acids is 2. The summed E-state index contributed by atoms with van der Waals surface area (Å²) in [7, 11) is -4.15. The third kappa shape index (κ3) is 3.85. The molecule has 0 aliphatic rings. The monoisotopic (exact) mass is 423 g/mol. The highest BCUT2D eigenvalue weighted by Crippen LogP contribution is 2.31. The van der Waals surface area contributed by atoms with E-state index >= 15 is 0 Å². The molecule has 28 heavy (non-hydrogen) atoms. The molecule has 1 heterocycles. The van der Waals surface area contributed by atoms with Gasteiger partial charge in [-0.05, 0) is 30.3 Å². The molecule has 6 N–H and O–H groups in total. The van der Waals surface area contributed by atoms with Crippen LogP contribution in [-0.4, -0.2) is 35.3 Å². The second kappa shape index (κ2) is 7.02. The summed E-state index contributed by atoms with van der Waals surface area (Å²) >= 11 is 5.80. The number of amides is 2. The van der Waals surface area contributed by atoms with Gasteiger partial charge in [0.1, 0.15) is 5.75 Å². The minimum Gasteiger partial charge on any atom is -0.506 e. The predicted molar refractivity (Wildman–Crippen MR) is 103 cm³/mol. The highest BCUT2D eigenvalue weighted by Gasteiger charge is 2.21. The molecule has 0 saturated carbocycles. The number of rotatable bonds is 5. The molecule has 146 valence electrons. The Kier molecular flexibility index (Phi) is 4.87. The van der Waals surface area contributed by atoms with Gasteiger partial charge in [0.05, 0.1) is 32.2 Å². The third-order valence-corrected chi connectivity index (χ3v) is 5.29. The van der Waals surface area contributed by atoms with Crippen molar-refractivity contribution in [3.05, 3.63) is 40.9 Å². The molecular formula is C16H14ClN5O5S. The largest absolute Gasteiger partial charge is 0.506 e. The quantitative estimate of drug-likeness (QED) is 0.419. The summed E-state index contributed by atoms with van der Waals surface area (Å²) in [6.45, 7) is 1.33. The van der Waals surface area contributed by atoms with E-state index in [1.54, 1.807) is 6.07 Å². The van der Waals surface area contributed by atoms with Gasteiger partial charge in [-0.25, -0.2) is 13.4 Å². The zero-order valence-corrected chi connectivity index (χ0v) is 15.9. The van der Waals surface area contributed by atoms with Crippen LogP contribution in [0.4, 0.5) is 11.6 Å². The van der Waals surface area contributed by atoms with E-state index in [0.29, 0.717) is 11.0 Å². The summed E-state index contributed by atoms with van der Waals surface area (Å²) in [5, 5.41) is 11.9. The van der Waals surface area contributed by atoms with Crippen molar-refractivity contribution in [3.8, 4) is 5.75 Å². The molecule has 2 amide bonds. The van der Waals surface area contributed by atoms with Gasteiger partial charge < -0.3 is 15.8 Å². The van der Waals surface area contributed by atoms with Gasteiger partial charge in [0.2, 0.25) is 11.9 Å². The van der Waals surface area contributed by atoms with Gasteiger partial charge in [-0.3, -0.25) is 19.6 Å². The Morgan fingerprint density at radius 3 is 2.61 bits per heavy atom. The molecule has 0 radical (unpaired) electrons. The number of nitrogens with zero attached hydrogens (tertiary/aromatic N) is 1. The third-order valence-electron chi connectivity index (χ3n) is 3.64. The maximum Gasteiger partial charge on any atom is 0.261 e. The van der Waals surface area contributed by atoms with Crippen molar-refractivity contribution in [1.29, 1.82) is 0 Å². The second-order valence-corrected chi connectivity index (χ2v) is 7.86. The topological polar surface area (TPSA) is 167 Å². The molecule has 3 rings (SSSR count). The molecule has 0 aliphatic carbocycles. The van der Waals surface area contributed by atoms with E-state index in [1.165, 1.54) is 19.1 Å². The molecular weight excluding hydrogens is 410 g/mol. The molecule has 12 heteroatoms. The molecule has 0 aliphatic heterocycles. The van der Waals surface area contributed by atoms with Gasteiger partial charge in [0, 0.05) is 6.92 Å². The van der Waals surface area contributed by atoms with Crippen LogP contribution in [0.1, 0.15) is 17.3 Å². The van der Waals surface area contributed by atoms with Crippen LogP contribution in [0.25, 0.3) is 11.0 Å². The summed E-state index contributed by atoms with van der Waals surface area (Å²) in [5.41, 5.74) is 5.89. The molecule has 1 aromatic heterocycles. The van der Waals surface area contributed by atoms with Crippen molar-refractivity contribution in [2.45, 2.75) is 11.8 Å². The number of benzene rings is 2. The van der Waals surface area contributed by atoms with E-state index in [9.17, 15) is 23.1 Å². The first-order valence-electron chi connectivity index (χ1n) is 7.69. The standard InChI is InChI=1S/C16H14ClN5O5S/c1-7(23)19-16-20-12-3-2-8(4-13(12)21-16)22-28(26,27)9-5-10(15(18)25)14(24)11(17)6-9/h2-6,22,24H,1H3,(H2,18,25)(H2,19,20,21,23).